The van der Waals surface area contributed by atoms with Crippen molar-refractivity contribution in [2.75, 3.05) is 0 Å². The molecule has 0 radical (unpaired) electrons. The van der Waals surface area contributed by atoms with Gasteiger partial charge in [0.1, 0.15) is 0 Å². The highest BCUT2D eigenvalue weighted by atomic mass is 79.9. The predicted molar refractivity (Wildman–Crippen MR) is 66.9 cm³/mol. The Morgan fingerprint density at radius 3 is 2.47 bits per heavy atom. The van der Waals surface area contributed by atoms with Crippen LogP contribution in [-0.2, 0) is 11.3 Å². The molecule has 0 aliphatic carbocycles. The molecule has 1 rings (SSSR count). The number of hydrogen-bond donors (Lipinski definition) is 2. The summed E-state index contributed by atoms with van der Waals surface area (Å²) in [6, 6.07) is 7.32. The Morgan fingerprint density at radius 1 is 1.47 bits per heavy atom. The predicted octanol–water partition coefficient (Wildman–Crippen LogP) is 1.83. The highest BCUT2D eigenvalue weighted by Crippen LogP contribution is 2.10. The molecule has 0 aliphatic heterocycles. The molecular weight excluding hydrogens is 279 g/mol. The van der Waals surface area contributed by atoms with E-state index in [4.69, 9.17) is 5.73 Å². The standard InChI is InChI=1S/C10H13BrN2O.ClH/c1-7(12)10(14)13-6-8-2-4-9(11)5-3-8;/h2-5,7H,6,12H2,1H3,(H,13,14);1H. The van der Waals surface area contributed by atoms with E-state index in [9.17, 15) is 4.79 Å². The Morgan fingerprint density at radius 2 is 2.00 bits per heavy atom. The van der Waals surface area contributed by atoms with Gasteiger partial charge in [-0.1, -0.05) is 28.1 Å². The Bertz CT molecular complexity index is 314. The second-order valence-corrected chi connectivity index (χ2v) is 4.05. The Hall–Kier alpha value is -0.580. The first kappa shape index (κ1) is 14.4. The number of carbonyl (C=O) groups is 1. The number of carbonyl (C=O) groups excluding carboxylic acids is 1. The molecule has 1 aromatic rings. The van der Waals surface area contributed by atoms with Gasteiger partial charge in [0.05, 0.1) is 6.04 Å². The lowest BCUT2D eigenvalue weighted by Gasteiger charge is -2.07. The van der Waals surface area contributed by atoms with Gasteiger partial charge < -0.3 is 11.1 Å². The summed E-state index contributed by atoms with van der Waals surface area (Å²) >= 11 is 3.34. The summed E-state index contributed by atoms with van der Waals surface area (Å²) < 4.78 is 1.03. The fourth-order valence-electron chi connectivity index (χ4n) is 0.952. The van der Waals surface area contributed by atoms with E-state index >= 15 is 0 Å². The van der Waals surface area contributed by atoms with Crippen LogP contribution in [0.15, 0.2) is 28.7 Å². The van der Waals surface area contributed by atoms with E-state index in [0.29, 0.717) is 6.54 Å². The number of halogens is 2. The lowest BCUT2D eigenvalue weighted by atomic mass is 10.2. The molecule has 0 saturated heterocycles. The second kappa shape index (κ2) is 6.82. The highest BCUT2D eigenvalue weighted by Gasteiger charge is 2.05. The highest BCUT2D eigenvalue weighted by molar-refractivity contribution is 9.10. The minimum Gasteiger partial charge on any atom is -0.351 e. The van der Waals surface area contributed by atoms with Gasteiger partial charge in [-0.2, -0.15) is 0 Å². The van der Waals surface area contributed by atoms with Crippen molar-refractivity contribution in [1.82, 2.24) is 5.32 Å². The van der Waals surface area contributed by atoms with Gasteiger partial charge in [0.25, 0.3) is 0 Å². The van der Waals surface area contributed by atoms with Crippen LogP contribution in [0.4, 0.5) is 0 Å². The summed E-state index contributed by atoms with van der Waals surface area (Å²) in [4.78, 5) is 11.1. The van der Waals surface area contributed by atoms with Crippen LogP contribution in [-0.4, -0.2) is 11.9 Å². The number of nitrogens with one attached hydrogen (secondary N) is 1. The van der Waals surface area contributed by atoms with E-state index in [0.717, 1.165) is 10.0 Å². The van der Waals surface area contributed by atoms with E-state index in [1.165, 1.54) is 0 Å². The largest absolute Gasteiger partial charge is 0.351 e. The van der Waals surface area contributed by atoms with Crippen LogP contribution in [0.5, 0.6) is 0 Å². The van der Waals surface area contributed by atoms with Crippen LogP contribution in [0, 0.1) is 0 Å². The van der Waals surface area contributed by atoms with Crippen LogP contribution in [0.2, 0.25) is 0 Å². The van der Waals surface area contributed by atoms with Gasteiger partial charge in [0, 0.05) is 11.0 Å². The van der Waals surface area contributed by atoms with Gasteiger partial charge in [-0.15, -0.1) is 12.4 Å². The molecule has 3 N–H and O–H groups in total. The third kappa shape index (κ3) is 5.16. The second-order valence-electron chi connectivity index (χ2n) is 3.13. The molecule has 1 unspecified atom stereocenters. The first-order valence-electron chi connectivity index (χ1n) is 4.37. The number of amides is 1. The molecular formula is C10H14BrClN2O. The molecule has 0 saturated carbocycles. The Kier molecular flexibility index (Phi) is 6.56. The Balaban J connectivity index is 0.00000196. The lowest BCUT2D eigenvalue weighted by Crippen LogP contribution is -2.37. The van der Waals surface area contributed by atoms with Crippen molar-refractivity contribution in [2.45, 2.75) is 19.5 Å². The number of hydrogen-bond acceptors (Lipinski definition) is 2. The lowest BCUT2D eigenvalue weighted by molar-refractivity contribution is -0.122. The molecule has 0 heterocycles. The molecule has 1 amide bonds. The zero-order valence-corrected chi connectivity index (χ0v) is 10.8. The maximum absolute atomic E-state index is 11.1. The van der Waals surface area contributed by atoms with Gasteiger partial charge in [0.2, 0.25) is 5.91 Å². The van der Waals surface area contributed by atoms with Gasteiger partial charge in [-0.25, -0.2) is 0 Å². The first-order valence-corrected chi connectivity index (χ1v) is 5.16. The quantitative estimate of drug-likeness (QED) is 0.893. The maximum Gasteiger partial charge on any atom is 0.236 e. The van der Waals surface area contributed by atoms with Crippen molar-refractivity contribution in [3.8, 4) is 0 Å². The normalized spacial score (nSPS) is 11.4. The van der Waals surface area contributed by atoms with Gasteiger partial charge in [0.15, 0.2) is 0 Å². The number of rotatable bonds is 3. The molecule has 0 spiro atoms. The van der Waals surface area contributed by atoms with E-state index in [1.54, 1.807) is 6.92 Å². The summed E-state index contributed by atoms with van der Waals surface area (Å²) in [5.41, 5.74) is 6.46. The van der Waals surface area contributed by atoms with E-state index < -0.39 is 6.04 Å². The summed E-state index contributed by atoms with van der Waals surface area (Å²) in [6.45, 7) is 2.19. The fourth-order valence-corrected chi connectivity index (χ4v) is 1.22. The van der Waals surface area contributed by atoms with E-state index in [2.05, 4.69) is 21.2 Å². The zero-order chi connectivity index (χ0) is 10.6. The van der Waals surface area contributed by atoms with Gasteiger partial charge >= 0.3 is 0 Å². The van der Waals surface area contributed by atoms with Crippen LogP contribution in [0.1, 0.15) is 12.5 Å². The average Bonchev–Trinajstić information content (AvgIpc) is 2.16. The minimum atomic E-state index is -0.453. The van der Waals surface area contributed by atoms with Crippen molar-refractivity contribution >= 4 is 34.2 Å². The monoisotopic (exact) mass is 292 g/mol. The molecule has 0 fully saturated rings. The van der Waals surface area contributed by atoms with Crippen LogP contribution >= 0.6 is 28.3 Å². The van der Waals surface area contributed by atoms with Gasteiger partial charge in [-0.3, -0.25) is 4.79 Å². The molecule has 84 valence electrons. The zero-order valence-electron chi connectivity index (χ0n) is 8.37. The first-order chi connectivity index (χ1) is 6.59. The average molecular weight is 294 g/mol. The van der Waals surface area contributed by atoms with E-state index in [1.807, 2.05) is 24.3 Å². The molecule has 0 aliphatic rings. The van der Waals surface area contributed by atoms with Crippen LogP contribution in [0.3, 0.4) is 0 Å². The van der Waals surface area contributed by atoms with Crippen molar-refractivity contribution in [1.29, 1.82) is 0 Å². The van der Waals surface area contributed by atoms with Crippen molar-refractivity contribution in [3.05, 3.63) is 34.3 Å². The number of benzene rings is 1. The molecule has 1 aromatic carbocycles. The summed E-state index contributed by atoms with van der Waals surface area (Å²) in [6.07, 6.45) is 0. The topological polar surface area (TPSA) is 55.1 Å². The summed E-state index contributed by atoms with van der Waals surface area (Å²) in [5, 5.41) is 2.74. The Labute approximate surface area is 104 Å². The molecule has 1 atom stereocenters. The third-order valence-electron chi connectivity index (χ3n) is 1.79. The number of nitrogens with two attached hydrogens (primary N) is 1. The SMILES string of the molecule is CC(N)C(=O)NCc1ccc(Br)cc1.Cl. The van der Waals surface area contributed by atoms with Crippen LogP contribution < -0.4 is 11.1 Å². The van der Waals surface area contributed by atoms with Crippen LogP contribution in [0.25, 0.3) is 0 Å². The smallest absolute Gasteiger partial charge is 0.236 e. The minimum absolute atomic E-state index is 0. The molecule has 5 heteroatoms. The van der Waals surface area contributed by atoms with Crippen molar-refractivity contribution < 1.29 is 4.79 Å². The third-order valence-corrected chi connectivity index (χ3v) is 2.32. The van der Waals surface area contributed by atoms with Crippen molar-refractivity contribution in [3.63, 3.8) is 0 Å². The molecule has 3 nitrogen and oxygen atoms in total. The molecule has 0 aromatic heterocycles. The van der Waals surface area contributed by atoms with Crippen molar-refractivity contribution in [2.24, 2.45) is 5.73 Å². The fraction of sp³-hybridized carbons (Fsp3) is 0.300. The van der Waals surface area contributed by atoms with Gasteiger partial charge in [-0.05, 0) is 24.6 Å². The summed E-state index contributed by atoms with van der Waals surface area (Å²) in [7, 11) is 0. The maximum atomic E-state index is 11.1. The van der Waals surface area contributed by atoms with E-state index in [-0.39, 0.29) is 18.3 Å². The molecule has 15 heavy (non-hydrogen) atoms. The summed E-state index contributed by atoms with van der Waals surface area (Å²) in [5.74, 6) is -0.132. The molecule has 0 bridgehead atoms.